The lowest BCUT2D eigenvalue weighted by Gasteiger charge is -2.30. The summed E-state index contributed by atoms with van der Waals surface area (Å²) in [6.07, 6.45) is 6.10. The lowest BCUT2D eigenvalue weighted by molar-refractivity contribution is 0.794. The van der Waals surface area contributed by atoms with Crippen molar-refractivity contribution in [2.45, 2.75) is 12.3 Å². The number of thiophene rings is 1. The van der Waals surface area contributed by atoms with Crippen LogP contribution in [0.25, 0.3) is 120 Å². The van der Waals surface area contributed by atoms with Gasteiger partial charge < -0.3 is 9.47 Å². The lowest BCUT2D eigenvalue weighted by Crippen LogP contribution is -2.25. The van der Waals surface area contributed by atoms with Gasteiger partial charge in [0.05, 0.1) is 16.4 Å². The number of aromatic nitrogens is 1. The van der Waals surface area contributed by atoms with E-state index in [0.717, 1.165) is 33.9 Å². The average Bonchev–Trinajstić information content (AvgIpc) is 1.97. The van der Waals surface area contributed by atoms with Gasteiger partial charge in [-0.25, -0.2) is 0 Å². The Labute approximate surface area is 498 Å². The number of hydrogen-bond donors (Lipinski definition) is 0. The highest BCUT2D eigenvalue weighted by molar-refractivity contribution is 7.26. The largest absolute Gasteiger partial charge is 0.310 e. The van der Waals surface area contributed by atoms with Crippen LogP contribution in [0, 0.1) is 6.92 Å². The molecule has 0 aliphatic heterocycles. The molecule has 0 bridgehead atoms. The minimum Gasteiger partial charge on any atom is -0.310 e. The highest BCUT2D eigenvalue weighted by atomic mass is 32.1. The normalized spacial score (nSPS) is 12.9. The van der Waals surface area contributed by atoms with Crippen LogP contribution in [0.5, 0.6) is 0 Å². The molecule has 1 spiro atoms. The molecule has 3 heteroatoms. The van der Waals surface area contributed by atoms with Gasteiger partial charge in [-0.2, -0.15) is 0 Å². The van der Waals surface area contributed by atoms with Crippen LogP contribution in [0.3, 0.4) is 0 Å². The molecule has 0 radical (unpaired) electrons. The molecule has 2 aliphatic rings. The fourth-order valence-corrected chi connectivity index (χ4v) is 15.9. The molecule has 2 aromatic heterocycles. The predicted octanol–water partition coefficient (Wildman–Crippen LogP) is 22.6. The van der Waals surface area contributed by atoms with Crippen molar-refractivity contribution >= 4 is 87.2 Å². The first kappa shape index (κ1) is 49.1. The molecule has 15 aromatic rings. The van der Waals surface area contributed by atoms with Crippen molar-refractivity contribution in [1.29, 1.82) is 0 Å². The summed E-state index contributed by atoms with van der Waals surface area (Å²) in [4.78, 5) is 2.45. The van der Waals surface area contributed by atoms with Gasteiger partial charge in [0, 0.05) is 53.7 Å². The van der Waals surface area contributed by atoms with Gasteiger partial charge >= 0.3 is 0 Å². The average molecular weight is 1100 g/mol. The van der Waals surface area contributed by atoms with Crippen LogP contribution >= 0.6 is 11.3 Å². The maximum atomic E-state index is 4.01. The number of nitrogens with zero attached hydrogens (tertiary/aromatic N) is 2. The summed E-state index contributed by atoms with van der Waals surface area (Å²) in [5.74, 6) is 0. The van der Waals surface area contributed by atoms with Crippen LogP contribution in [0.4, 0.5) is 17.1 Å². The van der Waals surface area contributed by atoms with Crippen LogP contribution in [0.15, 0.2) is 298 Å². The molecule has 0 saturated heterocycles. The predicted molar refractivity (Wildman–Crippen MR) is 362 cm³/mol. The van der Waals surface area contributed by atoms with Crippen molar-refractivity contribution in [2.75, 3.05) is 4.90 Å². The first-order valence-corrected chi connectivity index (χ1v) is 30.2. The van der Waals surface area contributed by atoms with Gasteiger partial charge in [-0.15, -0.1) is 11.3 Å². The SMILES string of the molecule is C=C/C=C\c1cc(-c2ccc(N(c3cccc(-c4ccc5c(c4)C4(c6ccccc6-c6ccccc64)c4ccccc4-5)c3)c3cccc(-c4cc5c(c6ccccc46)c4ccccc4n5-c4ccccc4)c3)cc2)c2c(sc3ccccc32)c1C. The van der Waals surface area contributed by atoms with Crippen molar-refractivity contribution < 1.29 is 0 Å². The van der Waals surface area contributed by atoms with Crippen molar-refractivity contribution in [1.82, 2.24) is 4.57 Å². The second-order valence-electron chi connectivity index (χ2n) is 22.7. The van der Waals surface area contributed by atoms with E-state index in [4.69, 9.17) is 0 Å². The molecular formula is C82H54N2S. The topological polar surface area (TPSA) is 8.17 Å². The molecule has 17 rings (SSSR count). The quantitative estimate of drug-likeness (QED) is 0.131. The Bertz CT molecular complexity index is 5220. The Kier molecular flexibility index (Phi) is 11.1. The Morgan fingerprint density at radius 1 is 0.388 bits per heavy atom. The van der Waals surface area contributed by atoms with E-state index >= 15 is 0 Å². The Morgan fingerprint density at radius 2 is 0.953 bits per heavy atom. The molecule has 2 nitrogen and oxygen atoms in total. The first-order valence-electron chi connectivity index (χ1n) is 29.3. The molecule has 2 heterocycles. The van der Waals surface area contributed by atoms with Crippen LogP contribution in [0.1, 0.15) is 33.4 Å². The van der Waals surface area contributed by atoms with Crippen LogP contribution in [-0.4, -0.2) is 4.57 Å². The fourth-order valence-electron chi connectivity index (χ4n) is 14.7. The molecule has 0 fully saturated rings. The second kappa shape index (κ2) is 19.3. The molecule has 85 heavy (non-hydrogen) atoms. The number of aryl methyl sites for hydroxylation is 1. The third-order valence-electron chi connectivity index (χ3n) is 18.3. The lowest BCUT2D eigenvalue weighted by atomic mass is 9.70. The van der Waals surface area contributed by atoms with E-state index in [9.17, 15) is 0 Å². The van der Waals surface area contributed by atoms with Crippen molar-refractivity contribution in [3.05, 3.63) is 331 Å². The third kappa shape index (κ3) is 7.31. The second-order valence-corrected chi connectivity index (χ2v) is 23.8. The van der Waals surface area contributed by atoms with Crippen LogP contribution in [-0.2, 0) is 5.41 Å². The zero-order valence-electron chi connectivity index (χ0n) is 46.8. The number of fused-ring (bicyclic) bond motifs is 18. The number of rotatable bonds is 9. The molecule has 13 aromatic carbocycles. The van der Waals surface area contributed by atoms with Crippen molar-refractivity contribution in [2.24, 2.45) is 0 Å². The number of benzene rings is 13. The minimum atomic E-state index is -0.440. The Hall–Kier alpha value is -10.6. The Morgan fingerprint density at radius 3 is 1.66 bits per heavy atom. The van der Waals surface area contributed by atoms with Gasteiger partial charge in [0.15, 0.2) is 0 Å². The summed E-state index contributed by atoms with van der Waals surface area (Å²) < 4.78 is 5.05. The van der Waals surface area contributed by atoms with Crippen molar-refractivity contribution in [3.63, 3.8) is 0 Å². The number of para-hydroxylation sites is 2. The van der Waals surface area contributed by atoms with Gasteiger partial charge in [-0.1, -0.05) is 225 Å². The summed E-state index contributed by atoms with van der Waals surface area (Å²) in [5.41, 5.74) is 26.4. The number of allylic oxidation sites excluding steroid dienone is 2. The molecule has 0 N–H and O–H groups in total. The standard InChI is InChI=1S/C82H54N2S/c1-3-4-22-54-49-71(80-69-35-14-19-40-78(69)85-81(80)52(54)2)53-41-44-59(45-42-53)83(61-28-21-24-57(48-61)70-51-77-79(67-33-9-8-29-62(67)70)68-34-13-18-39-76(68)84(77)58-25-6-5-7-26-58)60-27-20-23-55(47-60)56-43-46-66-65-32-12-17-38-74(65)82(75(66)50-56)72-36-15-10-30-63(72)64-31-11-16-37-73(64)82/h3-51H,1H2,2H3/b22-4-. The summed E-state index contributed by atoms with van der Waals surface area (Å²) in [6, 6.07) is 104. The fraction of sp³-hybridized carbons (Fsp3) is 0.0244. The highest BCUT2D eigenvalue weighted by Crippen LogP contribution is 2.63. The number of anilines is 3. The summed E-state index contributed by atoms with van der Waals surface area (Å²) in [7, 11) is 0. The van der Waals surface area contributed by atoms with E-state index in [2.05, 4.69) is 308 Å². The molecule has 398 valence electrons. The van der Waals surface area contributed by atoms with Gasteiger partial charge in [-0.3, -0.25) is 0 Å². The first-order chi connectivity index (χ1) is 42.0. The molecule has 0 amide bonds. The summed E-state index contributed by atoms with van der Waals surface area (Å²) in [5, 5.41) is 7.56. The zero-order chi connectivity index (χ0) is 56.3. The van der Waals surface area contributed by atoms with Gasteiger partial charge in [0.25, 0.3) is 0 Å². The van der Waals surface area contributed by atoms with Crippen LogP contribution in [0.2, 0.25) is 0 Å². The molecule has 2 aliphatic carbocycles. The van der Waals surface area contributed by atoms with Gasteiger partial charge in [0.1, 0.15) is 0 Å². The zero-order valence-corrected chi connectivity index (χ0v) is 47.6. The third-order valence-corrected chi connectivity index (χ3v) is 19.6. The van der Waals surface area contributed by atoms with Crippen molar-refractivity contribution in [3.8, 4) is 61.3 Å². The summed E-state index contributed by atoms with van der Waals surface area (Å²) >= 11 is 1.88. The molecule has 0 saturated carbocycles. The molecular weight excluding hydrogens is 1040 g/mol. The monoisotopic (exact) mass is 1100 g/mol. The van der Waals surface area contributed by atoms with E-state index in [0.29, 0.717) is 0 Å². The van der Waals surface area contributed by atoms with E-state index < -0.39 is 5.41 Å². The van der Waals surface area contributed by atoms with E-state index in [-0.39, 0.29) is 0 Å². The van der Waals surface area contributed by atoms with Gasteiger partial charge in [-0.05, 0) is 186 Å². The maximum Gasteiger partial charge on any atom is 0.0725 e. The minimum absolute atomic E-state index is 0.440. The molecule has 0 atom stereocenters. The highest BCUT2D eigenvalue weighted by Gasteiger charge is 2.51. The molecule has 0 unspecified atom stereocenters. The van der Waals surface area contributed by atoms with E-state index in [1.807, 2.05) is 23.5 Å². The van der Waals surface area contributed by atoms with Gasteiger partial charge in [0.2, 0.25) is 0 Å². The maximum absolute atomic E-state index is 4.01. The van der Waals surface area contributed by atoms with E-state index in [1.54, 1.807) is 0 Å². The smallest absolute Gasteiger partial charge is 0.0725 e. The Balaban J connectivity index is 0.858. The van der Waals surface area contributed by atoms with E-state index in [1.165, 1.54) is 131 Å². The number of hydrogen-bond acceptors (Lipinski definition) is 2. The van der Waals surface area contributed by atoms with Crippen LogP contribution < -0.4 is 4.90 Å². The summed E-state index contributed by atoms with van der Waals surface area (Å²) in [6.45, 7) is 6.27.